The summed E-state index contributed by atoms with van der Waals surface area (Å²) in [5, 5.41) is 1.30. The summed E-state index contributed by atoms with van der Waals surface area (Å²) in [4.78, 5) is 32.3. The molecule has 0 aliphatic carbocycles. The lowest BCUT2D eigenvalue weighted by atomic mass is 10.0. The Labute approximate surface area is 277 Å². The van der Waals surface area contributed by atoms with Crippen LogP contribution in [-0.2, 0) is 0 Å². The molecule has 0 saturated carbocycles. The minimum absolute atomic E-state index is 0.648. The number of hydrogen-bond acceptors (Lipinski definition) is 2. The maximum Gasteiger partial charge on any atom is 0.132 e. The first-order valence-electron chi connectivity index (χ1n) is 16.7. The lowest BCUT2D eigenvalue weighted by Crippen LogP contribution is -3.12. The molecule has 0 unspecified atom stereocenters. The van der Waals surface area contributed by atoms with Crippen LogP contribution in [0.1, 0.15) is 54.1 Å². The number of carbonyl (C=O) groups is 2. The summed E-state index contributed by atoms with van der Waals surface area (Å²) in [7, 11) is -13.2. The molecular formula is C34H64O2Si8. The summed E-state index contributed by atoms with van der Waals surface area (Å²) >= 11 is 0. The Hall–Kier alpha value is -0.485. The predicted octanol–water partition coefficient (Wildman–Crippen LogP) is 9.73. The summed E-state index contributed by atoms with van der Waals surface area (Å²) in [6.07, 6.45) is 0. The number of aryl methyl sites for hydroxylation is 6. The maximum absolute atomic E-state index is 16.1. The van der Waals surface area contributed by atoms with Gasteiger partial charge in [-0.2, -0.15) is 0 Å². The molecule has 2 nitrogen and oxygen atoms in total. The molecule has 0 radical (unpaired) electrons. The van der Waals surface area contributed by atoms with Gasteiger partial charge in [-0.3, -0.25) is 0 Å². The second-order valence-electron chi connectivity index (χ2n) is 18.7. The Balaban J connectivity index is 2.69. The summed E-state index contributed by atoms with van der Waals surface area (Å²) in [6, 6.07) is 9.04. The lowest BCUT2D eigenvalue weighted by molar-refractivity contribution is 0.106. The van der Waals surface area contributed by atoms with E-state index in [0.717, 1.165) is 11.1 Å². The van der Waals surface area contributed by atoms with Gasteiger partial charge >= 0.3 is 0 Å². The zero-order valence-electron chi connectivity index (χ0n) is 32.1. The molecule has 0 bridgehead atoms. The van der Waals surface area contributed by atoms with Crippen LogP contribution in [0.2, 0.25) is 91.7 Å². The van der Waals surface area contributed by atoms with Gasteiger partial charge in [0.05, 0.1) is 0 Å². The van der Waals surface area contributed by atoms with E-state index in [4.69, 9.17) is 0 Å². The van der Waals surface area contributed by atoms with E-state index in [1.807, 2.05) is 0 Å². The Morgan fingerprint density at radius 3 is 0.773 bits per heavy atom. The molecule has 0 N–H and O–H groups in total. The smallest absolute Gasteiger partial charge is 0.132 e. The summed E-state index contributed by atoms with van der Waals surface area (Å²) in [6.45, 7) is 45.4. The van der Waals surface area contributed by atoms with Crippen molar-refractivity contribution in [3.8, 4) is 0 Å². The maximum atomic E-state index is 16.1. The standard InChI is InChI=1S/C34H64O2Si8/c1-25-21-27(3)31(28(4)22-25)33(35)43(37(7,8)9)39(13,14)41(17,18)44(38(10,11)12,42(19,20)40(43,15)16)34(36)32-29(5)23-26(2)24-30(32)6/h21-24H,1-20H3. The molecule has 10 heteroatoms. The monoisotopic (exact) mass is 728 g/mol. The first-order valence-corrected chi connectivity index (χ1v) is 47.7. The van der Waals surface area contributed by atoms with Crippen LogP contribution in [0.3, 0.4) is 0 Å². The van der Waals surface area contributed by atoms with Crippen molar-refractivity contribution in [2.45, 2.75) is 133 Å². The first-order chi connectivity index (χ1) is 19.5. The molecule has 0 atom stereocenters. The minimum Gasteiger partial charge on any atom is -0.301 e. The first kappa shape index (κ1) is 38.0. The molecule has 1 aliphatic heterocycles. The van der Waals surface area contributed by atoms with Crippen molar-refractivity contribution >= 4 is 67.7 Å². The lowest BCUT2D eigenvalue weighted by Gasteiger charge is -2.78. The Kier molecular flexibility index (Phi) is 9.52. The van der Waals surface area contributed by atoms with Crippen LogP contribution in [0.4, 0.5) is 0 Å². The third-order valence-corrected chi connectivity index (χ3v) is 223. The van der Waals surface area contributed by atoms with Gasteiger partial charge in [-0.15, -0.1) is 0 Å². The van der Waals surface area contributed by atoms with Crippen molar-refractivity contribution in [3.05, 3.63) is 68.8 Å². The highest BCUT2D eigenvalue weighted by atomic mass is 30.4. The molecule has 3 rings (SSSR count). The van der Waals surface area contributed by atoms with Crippen LogP contribution >= 0.6 is 0 Å². The minimum atomic E-state index is -2.58. The van der Waals surface area contributed by atoms with Gasteiger partial charge in [0.15, 0.2) is 0 Å². The quantitative estimate of drug-likeness (QED) is 0.278. The van der Waals surface area contributed by atoms with E-state index in [0.29, 0.717) is 10.8 Å². The fourth-order valence-corrected chi connectivity index (χ4v) is 417. The van der Waals surface area contributed by atoms with Crippen LogP contribution in [0.15, 0.2) is 24.3 Å². The van der Waals surface area contributed by atoms with Gasteiger partial charge in [-0.25, -0.2) is 0 Å². The van der Waals surface area contributed by atoms with Crippen molar-refractivity contribution in [3.63, 3.8) is 0 Å². The van der Waals surface area contributed by atoms with Crippen molar-refractivity contribution in [2.24, 2.45) is 0 Å². The summed E-state index contributed by atoms with van der Waals surface area (Å²) < 4.78 is 0. The molecule has 0 aromatic heterocycles. The van der Waals surface area contributed by atoms with Crippen molar-refractivity contribution in [1.82, 2.24) is 0 Å². The van der Waals surface area contributed by atoms with Gasteiger partial charge in [0, 0.05) is 54.7 Å². The summed E-state index contributed by atoms with van der Waals surface area (Å²) in [5.41, 5.74) is 9.42. The molecular weight excluding hydrogens is 665 g/mol. The van der Waals surface area contributed by atoms with Gasteiger partial charge in [0.2, 0.25) is 0 Å². The van der Waals surface area contributed by atoms with Gasteiger partial charge in [-0.05, 0) is 63.8 Å². The highest BCUT2D eigenvalue weighted by Crippen LogP contribution is 2.58. The van der Waals surface area contributed by atoms with Gasteiger partial charge in [-0.1, -0.05) is 127 Å². The number of benzene rings is 2. The Morgan fingerprint density at radius 2 is 0.614 bits per heavy atom. The largest absolute Gasteiger partial charge is 0.301 e. The molecule has 244 valence electrons. The second kappa shape index (κ2) is 11.0. The topological polar surface area (TPSA) is 34.1 Å². The van der Waals surface area contributed by atoms with Crippen LogP contribution < -0.4 is 0 Å². The highest BCUT2D eigenvalue weighted by Gasteiger charge is 2.89. The Morgan fingerprint density at radius 1 is 0.432 bits per heavy atom. The van der Waals surface area contributed by atoms with Gasteiger partial charge in [0.1, 0.15) is 24.1 Å². The Bertz CT molecular complexity index is 1350. The third-order valence-electron chi connectivity index (χ3n) is 13.6. The van der Waals surface area contributed by atoms with E-state index >= 15 is 9.59 Å². The van der Waals surface area contributed by atoms with E-state index < -0.39 is 56.9 Å². The fraction of sp³-hybridized carbons (Fsp3) is 0.588. The predicted molar refractivity (Wildman–Crippen MR) is 218 cm³/mol. The summed E-state index contributed by atoms with van der Waals surface area (Å²) in [5.74, 6) is 0. The van der Waals surface area contributed by atoms with Crippen LogP contribution in [0.25, 0.3) is 0 Å². The van der Waals surface area contributed by atoms with Gasteiger partial charge < -0.3 is 9.59 Å². The zero-order chi connectivity index (χ0) is 34.6. The molecule has 1 saturated heterocycles. The third kappa shape index (κ3) is 4.47. The molecule has 2 aromatic carbocycles. The van der Waals surface area contributed by atoms with Crippen LogP contribution in [0, 0.1) is 41.5 Å². The fourth-order valence-electron chi connectivity index (χ4n) is 12.5. The SMILES string of the molecule is Cc1cc(C)c(C(=O)[Si]2([Si](C)(C)C)[Si](C)(C)[Si](C)(C)[Si](C(=O)c3c(C)cc(C)cc3C)([Si](C)(C)C)[Si](C)(C)[Si]2(C)C)c(C)c1. The van der Waals surface area contributed by atoms with Gasteiger partial charge in [0.25, 0.3) is 0 Å². The van der Waals surface area contributed by atoms with E-state index in [1.165, 1.54) is 33.4 Å². The zero-order valence-corrected chi connectivity index (χ0v) is 40.1. The molecule has 44 heavy (non-hydrogen) atoms. The average Bonchev–Trinajstić information content (AvgIpc) is 2.74. The molecule has 1 heterocycles. The molecule has 1 fully saturated rings. The molecule has 2 aromatic rings. The van der Waals surface area contributed by atoms with Crippen molar-refractivity contribution in [1.29, 1.82) is 0 Å². The average molecular weight is 730 g/mol. The van der Waals surface area contributed by atoms with E-state index in [9.17, 15) is 0 Å². The highest BCUT2D eigenvalue weighted by molar-refractivity contribution is 8.30. The molecule has 0 spiro atoms. The number of carbonyl (C=O) groups excluding carboxylic acids is 2. The van der Waals surface area contributed by atoms with Crippen LogP contribution in [0.5, 0.6) is 0 Å². The van der Waals surface area contributed by atoms with Crippen molar-refractivity contribution < 1.29 is 9.59 Å². The van der Waals surface area contributed by atoms with E-state index in [2.05, 4.69) is 157 Å². The number of hydrogen-bond donors (Lipinski definition) is 0. The van der Waals surface area contributed by atoms with E-state index in [1.54, 1.807) is 0 Å². The second-order valence-corrected chi connectivity index (χ2v) is 112. The normalized spacial score (nSPS) is 25.9. The molecule has 1 aliphatic rings. The van der Waals surface area contributed by atoms with Crippen molar-refractivity contribution in [2.75, 3.05) is 0 Å². The van der Waals surface area contributed by atoms with E-state index in [-0.39, 0.29) is 0 Å². The van der Waals surface area contributed by atoms with Crippen LogP contribution in [-0.4, -0.2) is 67.7 Å². The number of rotatable bonds is 6. The molecule has 0 amide bonds.